The largest absolute Gasteiger partial charge is 0.370 e. The smallest absolute Gasteiger partial charge is 0.195 e. The fourth-order valence-electron chi connectivity index (χ4n) is 0.397. The second-order valence-corrected chi connectivity index (χ2v) is 1.59. The molecule has 0 spiro atoms. The average molecular weight is 191 g/mol. The van der Waals surface area contributed by atoms with E-state index in [1.807, 2.05) is 6.92 Å². The van der Waals surface area contributed by atoms with E-state index in [-0.39, 0.29) is 28.2 Å². The molecule has 0 saturated carbocycles. The van der Waals surface area contributed by atoms with Crippen LogP contribution in [0.5, 0.6) is 0 Å². The number of nitrogens with one attached hydrogen (secondary N) is 1. The van der Waals surface area contributed by atoms with Crippen LogP contribution in [0.3, 0.4) is 0 Å². The van der Waals surface area contributed by atoms with Gasteiger partial charge in [0.15, 0.2) is 11.9 Å². The van der Waals surface area contributed by atoms with Gasteiger partial charge in [0.05, 0.1) is 0 Å². The van der Waals surface area contributed by atoms with Crippen LogP contribution in [0.1, 0.15) is 29.2 Å². The number of hydrogen-bond acceptors (Lipinski definition) is 2. The average Bonchev–Trinajstić information content (AvgIpc) is 1.88. The minimum Gasteiger partial charge on any atom is -0.370 e. The van der Waals surface area contributed by atoms with Gasteiger partial charge in [-0.1, -0.05) is 22.3 Å². The van der Waals surface area contributed by atoms with Gasteiger partial charge in [0.25, 0.3) is 0 Å². The summed E-state index contributed by atoms with van der Waals surface area (Å²) in [4.78, 5) is 7.47. The fourth-order valence-corrected chi connectivity index (χ4v) is 0.397. The van der Waals surface area contributed by atoms with Crippen LogP contribution in [0.25, 0.3) is 0 Å². The standard InChI is InChI=1S/C5H13N5.3CH4/c1-3-9-5(7)10-4(6)8-2;;;/h3H2,1-2H3,(H5,6,7,8,9,10);3*1H4. The summed E-state index contributed by atoms with van der Waals surface area (Å²) < 4.78 is 0. The zero-order valence-corrected chi connectivity index (χ0v) is 6.26. The number of guanidine groups is 2. The van der Waals surface area contributed by atoms with E-state index in [2.05, 4.69) is 15.3 Å². The lowest BCUT2D eigenvalue weighted by Crippen LogP contribution is -2.41. The Labute approximate surface area is 82.3 Å². The molecular formula is C8H25N5. The highest BCUT2D eigenvalue weighted by Gasteiger charge is 1.89. The second-order valence-electron chi connectivity index (χ2n) is 1.59. The van der Waals surface area contributed by atoms with Crippen molar-refractivity contribution in [2.75, 3.05) is 13.6 Å². The first-order chi connectivity index (χ1) is 4.70. The third-order valence-electron chi connectivity index (χ3n) is 0.826. The van der Waals surface area contributed by atoms with Gasteiger partial charge < -0.3 is 11.5 Å². The quantitative estimate of drug-likeness (QED) is 0.422. The molecule has 0 aromatic heterocycles. The van der Waals surface area contributed by atoms with Crippen LogP contribution >= 0.6 is 0 Å². The zero-order chi connectivity index (χ0) is 7.98. The van der Waals surface area contributed by atoms with E-state index in [9.17, 15) is 0 Å². The van der Waals surface area contributed by atoms with Crippen molar-refractivity contribution >= 4 is 11.9 Å². The number of hydrogen-bond donors (Lipinski definition) is 3. The van der Waals surface area contributed by atoms with E-state index in [1.165, 1.54) is 0 Å². The first kappa shape index (κ1) is 22.6. The molecule has 0 aliphatic rings. The molecule has 0 atom stereocenters. The molecule has 0 unspecified atom stereocenters. The summed E-state index contributed by atoms with van der Waals surface area (Å²) in [6.45, 7) is 2.52. The van der Waals surface area contributed by atoms with E-state index < -0.39 is 0 Å². The van der Waals surface area contributed by atoms with E-state index in [4.69, 9.17) is 11.5 Å². The first-order valence-corrected chi connectivity index (χ1v) is 3.00. The molecule has 0 bridgehead atoms. The Hall–Kier alpha value is -1.26. The van der Waals surface area contributed by atoms with Crippen molar-refractivity contribution < 1.29 is 0 Å². The molecule has 0 aliphatic carbocycles. The van der Waals surface area contributed by atoms with Crippen molar-refractivity contribution in [1.82, 2.24) is 5.32 Å². The summed E-state index contributed by atoms with van der Waals surface area (Å²) in [5.41, 5.74) is 10.6. The molecule has 82 valence electrons. The Morgan fingerprint density at radius 3 is 1.92 bits per heavy atom. The molecule has 0 fully saturated rings. The van der Waals surface area contributed by atoms with Gasteiger partial charge in [0, 0.05) is 13.6 Å². The molecule has 0 aromatic rings. The normalized spacial score (nSPS) is 10.3. The maximum Gasteiger partial charge on any atom is 0.195 e. The van der Waals surface area contributed by atoms with Crippen molar-refractivity contribution in [3.8, 4) is 0 Å². The molecule has 0 aliphatic heterocycles. The van der Waals surface area contributed by atoms with E-state index in [1.54, 1.807) is 7.05 Å². The van der Waals surface area contributed by atoms with Crippen LogP contribution in [-0.4, -0.2) is 25.5 Å². The van der Waals surface area contributed by atoms with Crippen molar-refractivity contribution in [2.24, 2.45) is 21.5 Å². The lowest BCUT2D eigenvalue weighted by molar-refractivity contribution is 1.08. The van der Waals surface area contributed by atoms with Crippen LogP contribution in [0.4, 0.5) is 0 Å². The Kier molecular flexibility index (Phi) is 23.2. The molecule has 5 nitrogen and oxygen atoms in total. The summed E-state index contributed by atoms with van der Waals surface area (Å²) in [7, 11) is 1.57. The molecule has 0 radical (unpaired) electrons. The Morgan fingerprint density at radius 1 is 1.15 bits per heavy atom. The monoisotopic (exact) mass is 191 g/mol. The summed E-state index contributed by atoms with van der Waals surface area (Å²) in [6.07, 6.45) is 0. The molecule has 5 N–H and O–H groups in total. The molecule has 0 saturated heterocycles. The zero-order valence-electron chi connectivity index (χ0n) is 6.26. The lowest BCUT2D eigenvalue weighted by Gasteiger charge is -2.01. The van der Waals surface area contributed by atoms with Crippen LogP contribution in [0, 0.1) is 0 Å². The first-order valence-electron chi connectivity index (χ1n) is 3.00. The van der Waals surface area contributed by atoms with Crippen molar-refractivity contribution in [3.63, 3.8) is 0 Å². The minimum absolute atomic E-state index is 0. The van der Waals surface area contributed by atoms with E-state index in [0.717, 1.165) is 0 Å². The molecular weight excluding hydrogens is 166 g/mol. The maximum atomic E-state index is 5.34. The van der Waals surface area contributed by atoms with Gasteiger partial charge in [-0.3, -0.25) is 15.3 Å². The highest BCUT2D eigenvalue weighted by molar-refractivity contribution is 5.96. The predicted octanol–water partition coefficient (Wildman–Crippen LogP) is 0.763. The topological polar surface area (TPSA) is 88.8 Å². The van der Waals surface area contributed by atoms with Gasteiger partial charge in [-0.05, 0) is 6.92 Å². The van der Waals surface area contributed by atoms with Crippen molar-refractivity contribution in [2.45, 2.75) is 29.2 Å². The molecule has 0 amide bonds. The van der Waals surface area contributed by atoms with Gasteiger partial charge in [-0.25, -0.2) is 0 Å². The summed E-state index contributed by atoms with van der Waals surface area (Å²) >= 11 is 0. The van der Waals surface area contributed by atoms with Crippen molar-refractivity contribution in [3.05, 3.63) is 0 Å². The van der Waals surface area contributed by atoms with Gasteiger partial charge >= 0.3 is 0 Å². The number of nitrogens with zero attached hydrogens (tertiary/aromatic N) is 2. The lowest BCUT2D eigenvalue weighted by atomic mass is 10.7. The highest BCUT2D eigenvalue weighted by atomic mass is 15.2. The molecule has 0 aromatic carbocycles. The van der Waals surface area contributed by atoms with Gasteiger partial charge in [-0.2, -0.15) is 0 Å². The van der Waals surface area contributed by atoms with Crippen LogP contribution in [0.2, 0.25) is 0 Å². The number of rotatable bonds is 1. The number of nitrogens with two attached hydrogens (primary N) is 2. The highest BCUT2D eigenvalue weighted by Crippen LogP contribution is 1.65. The second kappa shape index (κ2) is 13.3. The van der Waals surface area contributed by atoms with Crippen LogP contribution in [-0.2, 0) is 0 Å². The van der Waals surface area contributed by atoms with E-state index in [0.29, 0.717) is 12.5 Å². The van der Waals surface area contributed by atoms with Gasteiger partial charge in [0.1, 0.15) is 0 Å². The number of aliphatic imine (C=N–C) groups is 2. The molecule has 5 heteroatoms. The van der Waals surface area contributed by atoms with Gasteiger partial charge in [0.2, 0.25) is 0 Å². The molecule has 0 heterocycles. The van der Waals surface area contributed by atoms with Gasteiger partial charge in [-0.15, -0.1) is 0 Å². The summed E-state index contributed by atoms with van der Waals surface area (Å²) in [5, 5.41) is 2.59. The maximum absolute atomic E-state index is 5.34. The third kappa shape index (κ3) is 13.7. The predicted molar refractivity (Wildman–Crippen MR) is 63.0 cm³/mol. The third-order valence-corrected chi connectivity index (χ3v) is 0.826. The van der Waals surface area contributed by atoms with Crippen LogP contribution in [0.15, 0.2) is 9.98 Å². The molecule has 13 heavy (non-hydrogen) atoms. The molecule has 0 rings (SSSR count). The van der Waals surface area contributed by atoms with Crippen molar-refractivity contribution in [1.29, 1.82) is 0 Å². The SMILES string of the molecule is C.C.C.CCN=C(N)NC(N)=NC. The Bertz CT molecular complexity index is 151. The van der Waals surface area contributed by atoms with E-state index >= 15 is 0 Å². The summed E-state index contributed by atoms with van der Waals surface area (Å²) in [5.74, 6) is 0.570. The minimum atomic E-state index is 0. The Balaban J connectivity index is -0.000000135. The fraction of sp³-hybridized carbons (Fsp3) is 0.750. The van der Waals surface area contributed by atoms with Crippen LogP contribution < -0.4 is 16.8 Å². The summed E-state index contributed by atoms with van der Waals surface area (Å²) in [6, 6.07) is 0. The Morgan fingerprint density at radius 2 is 1.62 bits per heavy atom.